The van der Waals surface area contributed by atoms with Crippen LogP contribution in [0, 0.1) is 6.92 Å². The molecule has 3 N–H and O–H groups in total. The molecule has 5 nitrogen and oxygen atoms in total. The van der Waals surface area contributed by atoms with E-state index in [0.717, 1.165) is 10.0 Å². The zero-order chi connectivity index (χ0) is 15.6. The van der Waals surface area contributed by atoms with E-state index in [1.807, 2.05) is 13.0 Å². The molecule has 0 heterocycles. The zero-order valence-electron chi connectivity index (χ0n) is 11.1. The second-order valence-corrected chi connectivity index (χ2v) is 6.90. The van der Waals surface area contributed by atoms with E-state index in [4.69, 9.17) is 5.14 Å². The average molecular weight is 369 g/mol. The molecule has 0 saturated heterocycles. The molecular weight excluding hydrogens is 356 g/mol. The maximum Gasteiger partial charge on any atom is 0.255 e. The lowest BCUT2D eigenvalue weighted by atomic mass is 10.1. The number of rotatable bonds is 3. The molecule has 0 radical (unpaired) electrons. The number of hydrogen-bond donors (Lipinski definition) is 2. The quantitative estimate of drug-likeness (QED) is 0.872. The highest BCUT2D eigenvalue weighted by Crippen LogP contribution is 2.19. The molecule has 2 aromatic carbocycles. The molecule has 110 valence electrons. The van der Waals surface area contributed by atoms with Crippen LogP contribution in [0.5, 0.6) is 0 Å². The van der Waals surface area contributed by atoms with E-state index in [9.17, 15) is 13.2 Å². The van der Waals surface area contributed by atoms with Crippen LogP contribution in [0.1, 0.15) is 15.9 Å². The molecule has 21 heavy (non-hydrogen) atoms. The standard InChI is InChI=1S/C14H13BrN2O3S/c1-9-2-3-10(8-13(9)15)14(18)17-11-4-6-12(7-5-11)21(16,19)20/h2-8H,1H3,(H,17,18)(H2,16,19,20). The summed E-state index contributed by atoms with van der Waals surface area (Å²) in [5.74, 6) is -0.279. The van der Waals surface area contributed by atoms with Crippen LogP contribution in [0.3, 0.4) is 0 Å². The Morgan fingerprint density at radius 3 is 2.29 bits per heavy atom. The Bertz CT molecular complexity index is 786. The third kappa shape index (κ3) is 3.90. The molecule has 0 aliphatic rings. The van der Waals surface area contributed by atoms with Crippen molar-refractivity contribution in [2.24, 2.45) is 5.14 Å². The molecule has 7 heteroatoms. The van der Waals surface area contributed by atoms with Gasteiger partial charge in [0.25, 0.3) is 5.91 Å². The van der Waals surface area contributed by atoms with Gasteiger partial charge >= 0.3 is 0 Å². The second-order valence-electron chi connectivity index (χ2n) is 4.49. The van der Waals surface area contributed by atoms with Crippen molar-refractivity contribution in [1.82, 2.24) is 0 Å². The average Bonchev–Trinajstić information content (AvgIpc) is 2.41. The van der Waals surface area contributed by atoms with Crippen molar-refractivity contribution in [2.45, 2.75) is 11.8 Å². The fourth-order valence-electron chi connectivity index (χ4n) is 1.67. The van der Waals surface area contributed by atoms with Crippen molar-refractivity contribution in [2.75, 3.05) is 5.32 Å². The smallest absolute Gasteiger partial charge is 0.255 e. The first-order chi connectivity index (χ1) is 9.77. The van der Waals surface area contributed by atoms with Gasteiger partial charge in [-0.25, -0.2) is 13.6 Å². The summed E-state index contributed by atoms with van der Waals surface area (Å²) in [5.41, 5.74) is 2.02. The SMILES string of the molecule is Cc1ccc(C(=O)Nc2ccc(S(N)(=O)=O)cc2)cc1Br. The van der Waals surface area contributed by atoms with Gasteiger partial charge in [0, 0.05) is 15.7 Å². The molecule has 0 fully saturated rings. The highest BCUT2D eigenvalue weighted by Gasteiger charge is 2.10. The molecular formula is C14H13BrN2O3S. The largest absolute Gasteiger partial charge is 0.322 e. The van der Waals surface area contributed by atoms with Crippen molar-refractivity contribution >= 4 is 37.5 Å². The van der Waals surface area contributed by atoms with Crippen molar-refractivity contribution < 1.29 is 13.2 Å². The van der Waals surface area contributed by atoms with E-state index in [0.29, 0.717) is 11.3 Å². The van der Waals surface area contributed by atoms with Gasteiger partial charge in [-0.1, -0.05) is 22.0 Å². The van der Waals surface area contributed by atoms with Gasteiger partial charge in [-0.2, -0.15) is 0 Å². The van der Waals surface area contributed by atoms with E-state index in [2.05, 4.69) is 21.2 Å². The summed E-state index contributed by atoms with van der Waals surface area (Å²) in [6, 6.07) is 10.9. The molecule has 0 saturated carbocycles. The van der Waals surface area contributed by atoms with Gasteiger partial charge in [-0.05, 0) is 48.9 Å². The maximum atomic E-state index is 12.1. The Morgan fingerprint density at radius 2 is 1.76 bits per heavy atom. The number of nitrogens with one attached hydrogen (secondary N) is 1. The van der Waals surface area contributed by atoms with Crippen LogP contribution >= 0.6 is 15.9 Å². The minimum atomic E-state index is -3.73. The van der Waals surface area contributed by atoms with E-state index < -0.39 is 10.0 Å². The van der Waals surface area contributed by atoms with Gasteiger partial charge in [0.15, 0.2) is 0 Å². The van der Waals surface area contributed by atoms with Crippen LogP contribution in [0.15, 0.2) is 51.8 Å². The molecule has 0 bridgehead atoms. The number of benzene rings is 2. The highest BCUT2D eigenvalue weighted by atomic mass is 79.9. The number of hydrogen-bond acceptors (Lipinski definition) is 3. The molecule has 0 unspecified atom stereocenters. The molecule has 1 amide bonds. The van der Waals surface area contributed by atoms with Crippen LogP contribution in [0.2, 0.25) is 0 Å². The normalized spacial score (nSPS) is 11.2. The summed E-state index contributed by atoms with van der Waals surface area (Å²) in [6.45, 7) is 1.93. The van der Waals surface area contributed by atoms with Gasteiger partial charge in [0.1, 0.15) is 0 Å². The monoisotopic (exact) mass is 368 g/mol. The zero-order valence-corrected chi connectivity index (χ0v) is 13.5. The molecule has 0 spiro atoms. The molecule has 2 rings (SSSR count). The number of anilines is 1. The summed E-state index contributed by atoms with van der Waals surface area (Å²) in [5, 5.41) is 7.70. The summed E-state index contributed by atoms with van der Waals surface area (Å²) >= 11 is 3.37. The number of nitrogens with two attached hydrogens (primary N) is 1. The maximum absolute atomic E-state index is 12.1. The summed E-state index contributed by atoms with van der Waals surface area (Å²) < 4.78 is 23.1. The molecule has 2 aromatic rings. The highest BCUT2D eigenvalue weighted by molar-refractivity contribution is 9.10. The minimum Gasteiger partial charge on any atom is -0.322 e. The Hall–Kier alpha value is -1.70. The third-order valence-electron chi connectivity index (χ3n) is 2.87. The summed E-state index contributed by atoms with van der Waals surface area (Å²) in [4.78, 5) is 12.1. The number of halogens is 1. The first kappa shape index (κ1) is 15.7. The Kier molecular flexibility index (Phi) is 4.46. The van der Waals surface area contributed by atoms with Crippen LogP contribution in [0.25, 0.3) is 0 Å². The number of aryl methyl sites for hydroxylation is 1. The summed E-state index contributed by atoms with van der Waals surface area (Å²) in [6.07, 6.45) is 0. The van der Waals surface area contributed by atoms with Crippen LogP contribution < -0.4 is 10.5 Å². The van der Waals surface area contributed by atoms with E-state index in [1.54, 1.807) is 12.1 Å². The lowest BCUT2D eigenvalue weighted by Gasteiger charge is -2.07. The van der Waals surface area contributed by atoms with Crippen molar-refractivity contribution in [1.29, 1.82) is 0 Å². The van der Waals surface area contributed by atoms with Crippen LogP contribution in [0.4, 0.5) is 5.69 Å². The van der Waals surface area contributed by atoms with Gasteiger partial charge < -0.3 is 5.32 Å². The van der Waals surface area contributed by atoms with Crippen LogP contribution in [-0.2, 0) is 10.0 Å². The minimum absolute atomic E-state index is 0.00132. The van der Waals surface area contributed by atoms with Gasteiger partial charge in [-0.3, -0.25) is 4.79 Å². The predicted octanol–water partition coefficient (Wildman–Crippen LogP) is 2.66. The third-order valence-corrected chi connectivity index (χ3v) is 4.66. The summed E-state index contributed by atoms with van der Waals surface area (Å²) in [7, 11) is -3.73. The van der Waals surface area contributed by atoms with Crippen molar-refractivity contribution in [3.63, 3.8) is 0 Å². The topological polar surface area (TPSA) is 89.3 Å². The Morgan fingerprint density at radius 1 is 1.14 bits per heavy atom. The molecule has 0 aliphatic carbocycles. The number of primary sulfonamides is 1. The number of sulfonamides is 1. The van der Waals surface area contributed by atoms with E-state index >= 15 is 0 Å². The number of amides is 1. The van der Waals surface area contributed by atoms with Crippen molar-refractivity contribution in [3.05, 3.63) is 58.1 Å². The predicted molar refractivity (Wildman–Crippen MR) is 84.6 cm³/mol. The van der Waals surface area contributed by atoms with E-state index in [-0.39, 0.29) is 10.8 Å². The number of carbonyl (C=O) groups excluding carboxylic acids is 1. The Balaban J connectivity index is 2.18. The van der Waals surface area contributed by atoms with E-state index in [1.165, 1.54) is 24.3 Å². The lowest BCUT2D eigenvalue weighted by molar-refractivity contribution is 0.102. The molecule has 0 atom stereocenters. The van der Waals surface area contributed by atoms with Gasteiger partial charge in [0.05, 0.1) is 4.90 Å². The van der Waals surface area contributed by atoms with Crippen molar-refractivity contribution in [3.8, 4) is 0 Å². The second kappa shape index (κ2) is 5.97. The fraction of sp³-hybridized carbons (Fsp3) is 0.0714. The lowest BCUT2D eigenvalue weighted by Crippen LogP contribution is -2.14. The first-order valence-corrected chi connectivity index (χ1v) is 8.31. The van der Waals surface area contributed by atoms with Crippen LogP contribution in [-0.4, -0.2) is 14.3 Å². The Labute approximate surface area is 131 Å². The van der Waals surface area contributed by atoms with Gasteiger partial charge in [-0.15, -0.1) is 0 Å². The fourth-order valence-corrected chi connectivity index (χ4v) is 2.56. The number of carbonyl (C=O) groups is 1. The molecule has 0 aliphatic heterocycles. The molecule has 0 aromatic heterocycles. The first-order valence-electron chi connectivity index (χ1n) is 5.98. The van der Waals surface area contributed by atoms with Gasteiger partial charge in [0.2, 0.25) is 10.0 Å².